The molecule has 1 aromatic rings. The number of methoxy groups -OCH3 is 2. The molecule has 0 atom stereocenters. The highest BCUT2D eigenvalue weighted by Crippen LogP contribution is 2.32. The molecule has 0 bridgehead atoms. The van der Waals surface area contributed by atoms with Gasteiger partial charge in [-0.3, -0.25) is 9.10 Å². The Kier molecular flexibility index (Phi) is 8.08. The molecule has 26 heavy (non-hydrogen) atoms. The van der Waals surface area contributed by atoms with Crippen LogP contribution >= 0.6 is 11.8 Å². The van der Waals surface area contributed by atoms with E-state index in [4.69, 9.17) is 9.47 Å². The Morgan fingerprint density at radius 3 is 2.31 bits per heavy atom. The predicted molar refractivity (Wildman–Crippen MR) is 107 cm³/mol. The molecule has 0 unspecified atom stereocenters. The van der Waals surface area contributed by atoms with Gasteiger partial charge in [0, 0.05) is 23.1 Å². The van der Waals surface area contributed by atoms with Crippen molar-refractivity contribution in [1.82, 2.24) is 5.32 Å². The lowest BCUT2D eigenvalue weighted by atomic mass is 10.2. The number of thioether (sulfide) groups is 1. The minimum absolute atomic E-state index is 0.114. The molecule has 148 valence electrons. The molecule has 0 aromatic heterocycles. The van der Waals surface area contributed by atoms with Crippen LogP contribution in [0.3, 0.4) is 0 Å². The summed E-state index contributed by atoms with van der Waals surface area (Å²) in [6.45, 7) is 6.48. The first kappa shape index (κ1) is 22.4. The number of benzene rings is 1. The third-order valence-corrected chi connectivity index (χ3v) is 5.72. The van der Waals surface area contributed by atoms with Crippen molar-refractivity contribution < 1.29 is 22.7 Å². The van der Waals surface area contributed by atoms with Crippen LogP contribution in [-0.4, -0.2) is 58.4 Å². The van der Waals surface area contributed by atoms with E-state index in [1.165, 1.54) is 20.3 Å². The first-order valence-corrected chi connectivity index (χ1v) is 10.9. The summed E-state index contributed by atoms with van der Waals surface area (Å²) in [7, 11) is -0.681. The fraction of sp³-hybridized carbons (Fsp3) is 0.588. The zero-order chi connectivity index (χ0) is 20.0. The van der Waals surface area contributed by atoms with Crippen molar-refractivity contribution in [2.24, 2.45) is 0 Å². The maximum Gasteiger partial charge on any atom is 0.240 e. The molecule has 0 heterocycles. The van der Waals surface area contributed by atoms with E-state index in [-0.39, 0.29) is 17.2 Å². The quantitative estimate of drug-likeness (QED) is 0.635. The maximum absolute atomic E-state index is 12.2. The molecule has 0 radical (unpaired) electrons. The fourth-order valence-electron chi connectivity index (χ4n) is 2.11. The summed E-state index contributed by atoms with van der Waals surface area (Å²) in [4.78, 5) is 12.2. The number of hydrogen-bond donors (Lipinski definition) is 1. The van der Waals surface area contributed by atoms with Gasteiger partial charge in [-0.2, -0.15) is 11.8 Å². The average molecular weight is 405 g/mol. The Morgan fingerprint density at radius 2 is 1.81 bits per heavy atom. The molecule has 0 spiro atoms. The third kappa shape index (κ3) is 7.33. The van der Waals surface area contributed by atoms with Crippen molar-refractivity contribution in [2.45, 2.75) is 25.5 Å². The van der Waals surface area contributed by atoms with Crippen LogP contribution in [0.5, 0.6) is 11.5 Å². The molecule has 1 amide bonds. The summed E-state index contributed by atoms with van der Waals surface area (Å²) < 4.78 is 35.8. The Morgan fingerprint density at radius 1 is 1.19 bits per heavy atom. The van der Waals surface area contributed by atoms with Gasteiger partial charge in [0.1, 0.15) is 6.54 Å². The van der Waals surface area contributed by atoms with Crippen LogP contribution in [0.1, 0.15) is 20.8 Å². The third-order valence-electron chi connectivity index (χ3n) is 3.30. The molecule has 0 aliphatic carbocycles. The number of amides is 1. The molecule has 0 saturated heterocycles. The van der Waals surface area contributed by atoms with Gasteiger partial charge in [0.15, 0.2) is 11.5 Å². The first-order valence-electron chi connectivity index (χ1n) is 8.08. The first-order chi connectivity index (χ1) is 12.0. The van der Waals surface area contributed by atoms with E-state index in [1.54, 1.807) is 23.9 Å². The van der Waals surface area contributed by atoms with E-state index in [1.807, 2.05) is 0 Å². The number of hydrogen-bond acceptors (Lipinski definition) is 6. The van der Waals surface area contributed by atoms with Gasteiger partial charge >= 0.3 is 0 Å². The van der Waals surface area contributed by atoms with E-state index in [2.05, 4.69) is 26.1 Å². The maximum atomic E-state index is 12.2. The number of nitrogens with one attached hydrogen (secondary N) is 1. The summed E-state index contributed by atoms with van der Waals surface area (Å²) in [5.74, 6) is 1.26. The molecule has 0 aliphatic rings. The predicted octanol–water partition coefficient (Wildman–Crippen LogP) is 2.12. The molecular formula is C17H28N2O5S2. The molecule has 0 fully saturated rings. The average Bonchev–Trinajstić information content (AvgIpc) is 2.54. The van der Waals surface area contributed by atoms with Crippen molar-refractivity contribution in [2.75, 3.05) is 43.6 Å². The second kappa shape index (κ2) is 9.36. The van der Waals surface area contributed by atoms with Gasteiger partial charge in [-0.25, -0.2) is 8.42 Å². The summed E-state index contributed by atoms with van der Waals surface area (Å²) in [6.07, 6.45) is 1.06. The molecule has 0 saturated carbocycles. The van der Waals surface area contributed by atoms with Crippen LogP contribution in [0.4, 0.5) is 5.69 Å². The van der Waals surface area contributed by atoms with E-state index >= 15 is 0 Å². The van der Waals surface area contributed by atoms with Gasteiger partial charge in [0.2, 0.25) is 15.9 Å². The van der Waals surface area contributed by atoms with Gasteiger partial charge in [0.05, 0.1) is 26.2 Å². The molecule has 1 rings (SSSR count). The van der Waals surface area contributed by atoms with Crippen molar-refractivity contribution in [3.63, 3.8) is 0 Å². The fourth-order valence-corrected chi connectivity index (χ4v) is 3.78. The van der Waals surface area contributed by atoms with Gasteiger partial charge in [0.25, 0.3) is 0 Å². The van der Waals surface area contributed by atoms with E-state index < -0.39 is 10.0 Å². The SMILES string of the molecule is COc1ccc(N(CC(=O)NCCSC(C)(C)C)S(C)(=O)=O)cc1OC. The van der Waals surface area contributed by atoms with Gasteiger partial charge in [-0.15, -0.1) is 0 Å². The minimum Gasteiger partial charge on any atom is -0.493 e. The monoisotopic (exact) mass is 404 g/mol. The highest BCUT2D eigenvalue weighted by Gasteiger charge is 2.22. The van der Waals surface area contributed by atoms with Crippen LogP contribution in [0, 0.1) is 0 Å². The largest absolute Gasteiger partial charge is 0.493 e. The topological polar surface area (TPSA) is 84.9 Å². The lowest BCUT2D eigenvalue weighted by Gasteiger charge is -2.23. The summed E-state index contributed by atoms with van der Waals surface area (Å²) in [5.41, 5.74) is 0.337. The van der Waals surface area contributed by atoms with Crippen LogP contribution < -0.4 is 19.1 Å². The Balaban J connectivity index is 2.84. The van der Waals surface area contributed by atoms with E-state index in [9.17, 15) is 13.2 Å². The highest BCUT2D eigenvalue weighted by molar-refractivity contribution is 8.00. The summed E-state index contributed by atoms with van der Waals surface area (Å²) in [6, 6.07) is 4.71. The smallest absolute Gasteiger partial charge is 0.240 e. The second-order valence-corrected chi connectivity index (χ2v) is 10.4. The number of nitrogens with zero attached hydrogens (tertiary/aromatic N) is 1. The summed E-state index contributed by atoms with van der Waals surface area (Å²) >= 11 is 1.73. The number of anilines is 1. The number of carbonyl (C=O) groups excluding carboxylic acids is 1. The van der Waals surface area contributed by atoms with Crippen molar-refractivity contribution in [3.05, 3.63) is 18.2 Å². The Bertz CT molecular complexity index is 714. The molecule has 9 heteroatoms. The van der Waals surface area contributed by atoms with Gasteiger partial charge < -0.3 is 14.8 Å². The second-order valence-electron chi connectivity index (χ2n) is 6.62. The number of rotatable bonds is 9. The van der Waals surface area contributed by atoms with Crippen LogP contribution in [0.15, 0.2) is 18.2 Å². The normalized spacial score (nSPS) is 11.8. The minimum atomic E-state index is -3.64. The van der Waals surface area contributed by atoms with Crippen molar-refractivity contribution >= 4 is 33.4 Å². The zero-order valence-corrected chi connectivity index (χ0v) is 17.8. The van der Waals surface area contributed by atoms with Crippen LogP contribution in [0.25, 0.3) is 0 Å². The van der Waals surface area contributed by atoms with Crippen LogP contribution in [-0.2, 0) is 14.8 Å². The van der Waals surface area contributed by atoms with Crippen LogP contribution in [0.2, 0.25) is 0 Å². The van der Waals surface area contributed by atoms with E-state index in [0.29, 0.717) is 23.7 Å². The van der Waals surface area contributed by atoms with Crippen molar-refractivity contribution in [1.29, 1.82) is 0 Å². The zero-order valence-electron chi connectivity index (χ0n) is 16.2. The highest BCUT2D eigenvalue weighted by atomic mass is 32.2. The number of carbonyl (C=O) groups is 1. The molecule has 7 nitrogen and oxygen atoms in total. The standard InChI is InChI=1S/C17H28N2O5S2/c1-17(2,3)25-10-9-18-16(20)12-19(26(6,21)22)13-7-8-14(23-4)15(11-13)24-5/h7-8,11H,9-10,12H2,1-6H3,(H,18,20). The molecule has 1 aromatic carbocycles. The number of ether oxygens (including phenoxy) is 2. The number of sulfonamides is 1. The molecular weight excluding hydrogens is 376 g/mol. The van der Waals surface area contributed by atoms with Gasteiger partial charge in [-0.05, 0) is 12.1 Å². The summed E-state index contributed by atoms with van der Waals surface area (Å²) in [5, 5.41) is 2.76. The molecule has 1 N–H and O–H groups in total. The molecule has 0 aliphatic heterocycles. The Hall–Kier alpha value is -1.61. The van der Waals surface area contributed by atoms with Gasteiger partial charge in [-0.1, -0.05) is 20.8 Å². The lowest BCUT2D eigenvalue weighted by Crippen LogP contribution is -2.41. The Labute approximate surface area is 160 Å². The lowest BCUT2D eigenvalue weighted by molar-refractivity contribution is -0.119. The van der Waals surface area contributed by atoms with Crippen molar-refractivity contribution in [3.8, 4) is 11.5 Å². The van der Waals surface area contributed by atoms with E-state index in [0.717, 1.165) is 16.3 Å².